The molecule has 2 rings (SSSR count). The minimum absolute atomic E-state index is 0.121. The van der Waals surface area contributed by atoms with Crippen LogP contribution in [0.25, 0.3) is 0 Å². The lowest BCUT2D eigenvalue weighted by molar-refractivity contribution is 0.240. The molecule has 4 nitrogen and oxygen atoms in total. The third-order valence-corrected chi connectivity index (χ3v) is 3.32. The van der Waals surface area contributed by atoms with Crippen LogP contribution in [0.4, 0.5) is 10.5 Å². The number of hydrogen-bond acceptors (Lipinski definition) is 2. The molecule has 2 N–H and O–H groups in total. The molecule has 104 valence electrons. The summed E-state index contributed by atoms with van der Waals surface area (Å²) in [5.41, 5.74) is 0.791. The zero-order valence-electron chi connectivity index (χ0n) is 11.4. The van der Waals surface area contributed by atoms with Gasteiger partial charge in [0.05, 0.1) is 6.61 Å². The second-order valence-corrected chi connectivity index (χ2v) is 4.95. The molecule has 4 heteroatoms. The first kappa shape index (κ1) is 13.7. The molecule has 0 radical (unpaired) electrons. The first-order valence-corrected chi connectivity index (χ1v) is 7.08. The van der Waals surface area contributed by atoms with Crippen LogP contribution in [0.5, 0.6) is 5.75 Å². The summed E-state index contributed by atoms with van der Waals surface area (Å²) < 4.78 is 5.57. The van der Waals surface area contributed by atoms with Crippen molar-refractivity contribution in [3.8, 4) is 5.75 Å². The van der Waals surface area contributed by atoms with Gasteiger partial charge in [-0.15, -0.1) is 0 Å². The molecule has 0 spiro atoms. The van der Waals surface area contributed by atoms with Gasteiger partial charge in [-0.3, -0.25) is 0 Å². The van der Waals surface area contributed by atoms with Gasteiger partial charge in [0, 0.05) is 11.7 Å². The Morgan fingerprint density at radius 2 is 2.05 bits per heavy atom. The summed E-state index contributed by atoms with van der Waals surface area (Å²) >= 11 is 0. The van der Waals surface area contributed by atoms with Gasteiger partial charge in [0.1, 0.15) is 5.75 Å². The third kappa shape index (κ3) is 4.47. The Morgan fingerprint density at radius 3 is 2.63 bits per heavy atom. The number of carbonyl (C=O) groups excluding carboxylic acids is 1. The predicted octanol–water partition coefficient (Wildman–Crippen LogP) is 3.54. The van der Waals surface area contributed by atoms with Crippen LogP contribution in [0.2, 0.25) is 0 Å². The molecule has 0 bridgehead atoms. The van der Waals surface area contributed by atoms with Crippen LogP contribution in [0.15, 0.2) is 24.3 Å². The maximum atomic E-state index is 11.7. The minimum Gasteiger partial charge on any atom is -0.494 e. The molecule has 1 aliphatic carbocycles. The van der Waals surface area contributed by atoms with Crippen molar-refractivity contribution >= 4 is 11.7 Å². The lowest BCUT2D eigenvalue weighted by atomic mass is 9.93. The molecule has 0 aromatic heterocycles. The van der Waals surface area contributed by atoms with Gasteiger partial charge in [0.15, 0.2) is 0 Å². The van der Waals surface area contributed by atoms with Gasteiger partial charge in [-0.2, -0.15) is 0 Å². The molecule has 1 aromatic carbocycles. The number of anilines is 1. The van der Waals surface area contributed by atoms with Gasteiger partial charge in [0.2, 0.25) is 0 Å². The summed E-state index contributed by atoms with van der Waals surface area (Å²) in [6.45, 7) is 2.88. The number of urea groups is 1. The molecule has 19 heavy (non-hydrogen) atoms. The van der Waals surface area contributed by atoms with Crippen molar-refractivity contribution in [2.45, 2.75) is 45.1 Å². The van der Waals surface area contributed by atoms with Crippen LogP contribution in [0.3, 0.4) is 0 Å². The molecule has 0 atom stereocenters. The highest BCUT2D eigenvalue weighted by molar-refractivity contribution is 5.89. The Kier molecular flexibility index (Phi) is 5.07. The Labute approximate surface area is 114 Å². The van der Waals surface area contributed by atoms with Crippen molar-refractivity contribution in [2.24, 2.45) is 0 Å². The second-order valence-electron chi connectivity index (χ2n) is 4.95. The van der Waals surface area contributed by atoms with Crippen LogP contribution in [-0.4, -0.2) is 18.7 Å². The minimum atomic E-state index is -0.121. The molecule has 1 fully saturated rings. The summed E-state index contributed by atoms with van der Waals surface area (Å²) in [5.74, 6) is 0.846. The molecule has 1 aliphatic rings. The van der Waals surface area contributed by atoms with Gasteiger partial charge in [-0.05, 0) is 49.9 Å². The molecular formula is C15H22N2O2. The van der Waals surface area contributed by atoms with E-state index in [0.717, 1.165) is 43.7 Å². The van der Waals surface area contributed by atoms with Gasteiger partial charge < -0.3 is 15.4 Å². The zero-order chi connectivity index (χ0) is 13.5. The van der Waals surface area contributed by atoms with Crippen LogP contribution in [0.1, 0.15) is 39.0 Å². The first-order valence-electron chi connectivity index (χ1n) is 7.08. The quantitative estimate of drug-likeness (QED) is 0.770. The molecule has 0 unspecified atom stereocenters. The van der Waals surface area contributed by atoms with E-state index in [0.29, 0.717) is 6.04 Å². The van der Waals surface area contributed by atoms with Crippen molar-refractivity contribution in [2.75, 3.05) is 11.9 Å². The molecule has 0 heterocycles. The van der Waals surface area contributed by atoms with E-state index in [1.54, 1.807) is 0 Å². The van der Waals surface area contributed by atoms with Crippen LogP contribution >= 0.6 is 0 Å². The third-order valence-electron chi connectivity index (χ3n) is 3.32. The highest BCUT2D eigenvalue weighted by atomic mass is 16.5. The van der Waals surface area contributed by atoms with Crippen molar-refractivity contribution in [3.05, 3.63) is 24.3 Å². The lowest BCUT2D eigenvalue weighted by Gasteiger charge is -2.26. The Morgan fingerprint density at radius 1 is 1.32 bits per heavy atom. The van der Waals surface area contributed by atoms with E-state index in [4.69, 9.17) is 4.74 Å². The highest BCUT2D eigenvalue weighted by Gasteiger charge is 2.19. The number of carbonyl (C=O) groups is 1. The van der Waals surface area contributed by atoms with E-state index in [1.807, 2.05) is 24.3 Å². The largest absolute Gasteiger partial charge is 0.494 e. The van der Waals surface area contributed by atoms with Crippen LogP contribution in [-0.2, 0) is 0 Å². The van der Waals surface area contributed by atoms with E-state index >= 15 is 0 Å². The molecular weight excluding hydrogens is 240 g/mol. The van der Waals surface area contributed by atoms with Crippen LogP contribution in [0, 0.1) is 0 Å². The summed E-state index contributed by atoms with van der Waals surface area (Å²) in [5, 5.41) is 5.77. The lowest BCUT2D eigenvalue weighted by Crippen LogP contribution is -2.41. The van der Waals surface area contributed by atoms with E-state index in [9.17, 15) is 4.79 Å². The number of nitrogens with one attached hydrogen (secondary N) is 2. The summed E-state index contributed by atoms with van der Waals surface area (Å²) in [7, 11) is 0. The first-order chi connectivity index (χ1) is 9.28. The molecule has 1 saturated carbocycles. The average molecular weight is 262 g/mol. The molecule has 0 saturated heterocycles. The smallest absolute Gasteiger partial charge is 0.319 e. The van der Waals surface area contributed by atoms with Gasteiger partial charge >= 0.3 is 6.03 Å². The van der Waals surface area contributed by atoms with Crippen LogP contribution < -0.4 is 15.4 Å². The van der Waals surface area contributed by atoms with E-state index in [-0.39, 0.29) is 6.03 Å². The molecule has 0 aliphatic heterocycles. The van der Waals surface area contributed by atoms with Crippen molar-refractivity contribution in [1.82, 2.24) is 5.32 Å². The van der Waals surface area contributed by atoms with Gasteiger partial charge in [-0.1, -0.05) is 13.3 Å². The fraction of sp³-hybridized carbons (Fsp3) is 0.533. The summed E-state index contributed by atoms with van der Waals surface area (Å²) in [6, 6.07) is 7.73. The Hall–Kier alpha value is -1.71. The monoisotopic (exact) mass is 262 g/mol. The maximum absolute atomic E-state index is 11.7. The van der Waals surface area contributed by atoms with E-state index in [1.165, 1.54) is 6.42 Å². The SMILES string of the molecule is CCCCOc1ccc(NC(=O)NC2CCC2)cc1. The zero-order valence-corrected chi connectivity index (χ0v) is 11.4. The number of hydrogen-bond donors (Lipinski definition) is 2. The van der Waals surface area contributed by atoms with Gasteiger partial charge in [0.25, 0.3) is 0 Å². The number of amides is 2. The number of unbranched alkanes of at least 4 members (excludes halogenated alkanes) is 1. The summed E-state index contributed by atoms with van der Waals surface area (Å²) in [6.07, 6.45) is 5.59. The van der Waals surface area contributed by atoms with Crippen molar-refractivity contribution in [1.29, 1.82) is 0 Å². The molecule has 1 aromatic rings. The Balaban J connectivity index is 1.75. The number of ether oxygens (including phenoxy) is 1. The average Bonchev–Trinajstić information content (AvgIpc) is 2.36. The van der Waals surface area contributed by atoms with Gasteiger partial charge in [-0.25, -0.2) is 4.79 Å². The predicted molar refractivity (Wildman–Crippen MR) is 76.6 cm³/mol. The van der Waals surface area contributed by atoms with Crippen molar-refractivity contribution < 1.29 is 9.53 Å². The topological polar surface area (TPSA) is 50.4 Å². The van der Waals surface area contributed by atoms with Crippen molar-refractivity contribution in [3.63, 3.8) is 0 Å². The Bertz CT molecular complexity index is 399. The second kappa shape index (κ2) is 7.02. The number of rotatable bonds is 6. The highest BCUT2D eigenvalue weighted by Crippen LogP contribution is 2.19. The fourth-order valence-electron chi connectivity index (χ4n) is 1.87. The number of benzene rings is 1. The maximum Gasteiger partial charge on any atom is 0.319 e. The fourth-order valence-corrected chi connectivity index (χ4v) is 1.87. The normalized spacial score (nSPS) is 14.6. The van der Waals surface area contributed by atoms with E-state index < -0.39 is 0 Å². The summed E-state index contributed by atoms with van der Waals surface area (Å²) in [4.78, 5) is 11.7. The van der Waals surface area contributed by atoms with E-state index in [2.05, 4.69) is 17.6 Å². The molecule has 2 amide bonds. The standard InChI is InChI=1S/C15H22N2O2/c1-2-3-11-19-14-9-7-13(8-10-14)17-15(18)16-12-5-4-6-12/h7-10,12H,2-6,11H2,1H3,(H2,16,17,18).